The molecule has 0 N–H and O–H groups in total. The Bertz CT molecular complexity index is 798. The van der Waals surface area contributed by atoms with Gasteiger partial charge in [-0.15, -0.1) is 0 Å². The first-order valence-electron chi connectivity index (χ1n) is 6.52. The van der Waals surface area contributed by atoms with Gasteiger partial charge in [0.1, 0.15) is 0 Å². The quantitative estimate of drug-likeness (QED) is 0.600. The summed E-state index contributed by atoms with van der Waals surface area (Å²) in [6, 6.07) is 10.7. The summed E-state index contributed by atoms with van der Waals surface area (Å²) in [5.41, 5.74) is 4.87. The third-order valence-corrected chi connectivity index (χ3v) is 4.21. The third-order valence-electron chi connectivity index (χ3n) is 4.21. The standard InChI is InChI=1S/C17H14N2/c1-17(2)13-5-3-4-11-6-9-19-16(15(11)13)12-7-8-18-10-14(12)17/h3-10H,1-2H3. The number of hydrogen-bond donors (Lipinski definition) is 0. The average Bonchev–Trinajstić information content (AvgIpc) is 2.45. The molecule has 2 heteroatoms. The molecular weight excluding hydrogens is 232 g/mol. The van der Waals surface area contributed by atoms with Crippen molar-refractivity contribution in [2.24, 2.45) is 0 Å². The maximum Gasteiger partial charge on any atom is 0.0787 e. The molecule has 1 aromatic carbocycles. The molecular formula is C17H14N2. The van der Waals surface area contributed by atoms with Crippen molar-refractivity contribution in [2.75, 3.05) is 0 Å². The van der Waals surface area contributed by atoms with Crippen molar-refractivity contribution in [2.45, 2.75) is 19.3 Å². The Kier molecular flexibility index (Phi) is 1.92. The molecule has 0 fully saturated rings. The van der Waals surface area contributed by atoms with Crippen LogP contribution in [0.3, 0.4) is 0 Å². The van der Waals surface area contributed by atoms with Crippen molar-refractivity contribution in [1.29, 1.82) is 0 Å². The largest absolute Gasteiger partial charge is 0.264 e. The van der Waals surface area contributed by atoms with E-state index in [0.717, 1.165) is 5.69 Å². The van der Waals surface area contributed by atoms with Crippen LogP contribution in [0.4, 0.5) is 0 Å². The van der Waals surface area contributed by atoms with Crippen molar-refractivity contribution in [1.82, 2.24) is 9.97 Å². The smallest absolute Gasteiger partial charge is 0.0787 e. The second-order valence-electron chi connectivity index (χ2n) is 5.61. The van der Waals surface area contributed by atoms with Crippen LogP contribution in [0.2, 0.25) is 0 Å². The van der Waals surface area contributed by atoms with E-state index in [1.54, 1.807) is 0 Å². The number of nitrogens with zero attached hydrogens (tertiary/aromatic N) is 2. The molecule has 2 aromatic heterocycles. The minimum Gasteiger partial charge on any atom is -0.264 e. The Morgan fingerprint density at radius 1 is 0.947 bits per heavy atom. The van der Waals surface area contributed by atoms with Gasteiger partial charge in [0.25, 0.3) is 0 Å². The van der Waals surface area contributed by atoms with E-state index < -0.39 is 0 Å². The minimum atomic E-state index is -0.0286. The van der Waals surface area contributed by atoms with Crippen molar-refractivity contribution in [3.8, 4) is 11.3 Å². The second-order valence-corrected chi connectivity index (χ2v) is 5.61. The van der Waals surface area contributed by atoms with Crippen LogP contribution >= 0.6 is 0 Å². The lowest BCUT2D eigenvalue weighted by atomic mass is 9.70. The molecule has 2 nitrogen and oxygen atoms in total. The topological polar surface area (TPSA) is 25.8 Å². The summed E-state index contributed by atoms with van der Waals surface area (Å²) in [6.45, 7) is 4.52. The normalized spacial score (nSPS) is 15.3. The number of fused-ring (bicyclic) bond motifs is 2. The van der Waals surface area contributed by atoms with Crippen LogP contribution in [0.5, 0.6) is 0 Å². The number of benzene rings is 1. The maximum absolute atomic E-state index is 4.62. The highest BCUT2D eigenvalue weighted by molar-refractivity contribution is 6.01. The Morgan fingerprint density at radius 2 is 1.84 bits per heavy atom. The molecule has 0 spiro atoms. The van der Waals surface area contributed by atoms with Gasteiger partial charge in [0.15, 0.2) is 0 Å². The van der Waals surface area contributed by atoms with Gasteiger partial charge >= 0.3 is 0 Å². The molecule has 0 saturated heterocycles. The molecule has 0 atom stereocenters. The van der Waals surface area contributed by atoms with Gasteiger partial charge in [0, 0.05) is 35.0 Å². The van der Waals surface area contributed by atoms with Crippen LogP contribution < -0.4 is 0 Å². The lowest BCUT2D eigenvalue weighted by Gasteiger charge is -2.33. The lowest BCUT2D eigenvalue weighted by molar-refractivity contribution is 0.641. The van der Waals surface area contributed by atoms with Gasteiger partial charge in [-0.2, -0.15) is 0 Å². The van der Waals surface area contributed by atoms with Crippen molar-refractivity contribution in [3.05, 3.63) is 60.0 Å². The number of pyridine rings is 2. The summed E-state index contributed by atoms with van der Waals surface area (Å²) in [6.07, 6.45) is 5.72. The Morgan fingerprint density at radius 3 is 2.74 bits per heavy atom. The number of hydrogen-bond acceptors (Lipinski definition) is 2. The third kappa shape index (κ3) is 1.26. The first-order chi connectivity index (χ1) is 9.19. The minimum absolute atomic E-state index is 0.0286. The summed E-state index contributed by atoms with van der Waals surface area (Å²) in [4.78, 5) is 8.92. The molecule has 3 aromatic rings. The van der Waals surface area contributed by atoms with Crippen LogP contribution in [-0.4, -0.2) is 9.97 Å². The average molecular weight is 246 g/mol. The predicted octanol–water partition coefficient (Wildman–Crippen LogP) is 3.94. The van der Waals surface area contributed by atoms with Crippen molar-refractivity contribution in [3.63, 3.8) is 0 Å². The highest BCUT2D eigenvalue weighted by Gasteiger charge is 2.33. The zero-order chi connectivity index (χ0) is 13.0. The van der Waals surface area contributed by atoms with E-state index >= 15 is 0 Å². The predicted molar refractivity (Wildman–Crippen MR) is 77.1 cm³/mol. The maximum atomic E-state index is 4.62. The molecule has 1 aliphatic carbocycles. The van der Waals surface area contributed by atoms with E-state index in [-0.39, 0.29) is 5.41 Å². The van der Waals surface area contributed by atoms with Crippen LogP contribution in [0.25, 0.3) is 22.0 Å². The second kappa shape index (κ2) is 3.41. The van der Waals surface area contributed by atoms with Gasteiger partial charge in [-0.25, -0.2) is 0 Å². The fraction of sp³-hybridized carbons (Fsp3) is 0.176. The zero-order valence-corrected chi connectivity index (χ0v) is 11.0. The lowest BCUT2D eigenvalue weighted by Crippen LogP contribution is -2.24. The zero-order valence-electron chi connectivity index (χ0n) is 11.0. The van der Waals surface area contributed by atoms with E-state index in [1.165, 1.54) is 27.5 Å². The SMILES string of the molecule is CC1(C)c2cnccc2-c2nccc3cccc1c23. The number of aromatic nitrogens is 2. The van der Waals surface area contributed by atoms with Crippen LogP contribution in [0, 0.1) is 0 Å². The van der Waals surface area contributed by atoms with Crippen molar-refractivity contribution < 1.29 is 0 Å². The van der Waals surface area contributed by atoms with E-state index in [0.29, 0.717) is 0 Å². The first-order valence-corrected chi connectivity index (χ1v) is 6.52. The van der Waals surface area contributed by atoms with Crippen LogP contribution in [-0.2, 0) is 5.41 Å². The number of rotatable bonds is 0. The summed E-state index contributed by atoms with van der Waals surface area (Å²) in [7, 11) is 0. The molecule has 0 unspecified atom stereocenters. The first kappa shape index (κ1) is 10.7. The molecule has 1 aliphatic rings. The summed E-state index contributed by atoms with van der Waals surface area (Å²) < 4.78 is 0. The molecule has 2 heterocycles. The fourth-order valence-electron chi connectivity index (χ4n) is 3.20. The van der Waals surface area contributed by atoms with E-state index in [2.05, 4.69) is 54.1 Å². The van der Waals surface area contributed by atoms with Gasteiger partial charge in [-0.1, -0.05) is 32.0 Å². The van der Waals surface area contributed by atoms with Gasteiger partial charge < -0.3 is 0 Å². The Hall–Kier alpha value is -2.22. The van der Waals surface area contributed by atoms with E-state index in [4.69, 9.17) is 0 Å². The van der Waals surface area contributed by atoms with Crippen LogP contribution in [0.15, 0.2) is 48.9 Å². The van der Waals surface area contributed by atoms with E-state index in [9.17, 15) is 0 Å². The van der Waals surface area contributed by atoms with E-state index in [1.807, 2.05) is 18.6 Å². The molecule has 0 bridgehead atoms. The summed E-state index contributed by atoms with van der Waals surface area (Å²) >= 11 is 0. The molecule has 4 rings (SSSR count). The van der Waals surface area contributed by atoms with Gasteiger partial charge in [0.05, 0.1) is 5.69 Å². The van der Waals surface area contributed by atoms with Gasteiger partial charge in [-0.3, -0.25) is 9.97 Å². The van der Waals surface area contributed by atoms with Gasteiger partial charge in [0.2, 0.25) is 0 Å². The highest BCUT2D eigenvalue weighted by Crippen LogP contribution is 2.46. The molecule has 92 valence electrons. The monoisotopic (exact) mass is 246 g/mol. The van der Waals surface area contributed by atoms with Gasteiger partial charge in [-0.05, 0) is 28.6 Å². The summed E-state index contributed by atoms with van der Waals surface area (Å²) in [5, 5.41) is 2.55. The molecule has 0 amide bonds. The Balaban J connectivity index is 2.28. The molecule has 0 radical (unpaired) electrons. The molecule has 0 aliphatic heterocycles. The van der Waals surface area contributed by atoms with Crippen LogP contribution in [0.1, 0.15) is 25.0 Å². The molecule has 19 heavy (non-hydrogen) atoms. The fourth-order valence-corrected chi connectivity index (χ4v) is 3.20. The molecule has 0 saturated carbocycles. The highest BCUT2D eigenvalue weighted by atomic mass is 14.7. The van der Waals surface area contributed by atoms with Crippen molar-refractivity contribution >= 4 is 10.8 Å². The Labute approximate surface area is 112 Å². The summed E-state index contributed by atoms with van der Waals surface area (Å²) in [5.74, 6) is 0.